The Labute approximate surface area is 121 Å². The summed E-state index contributed by atoms with van der Waals surface area (Å²) in [5.41, 5.74) is 0. The molecule has 1 N–H and O–H groups in total. The van der Waals surface area contributed by atoms with Gasteiger partial charge in [0.05, 0.1) is 6.10 Å². The van der Waals surface area contributed by atoms with Gasteiger partial charge in [-0.1, -0.05) is 20.3 Å². The van der Waals surface area contributed by atoms with Crippen LogP contribution in [0.3, 0.4) is 0 Å². The highest BCUT2D eigenvalue weighted by molar-refractivity contribution is 8.00. The van der Waals surface area contributed by atoms with Gasteiger partial charge in [-0.3, -0.25) is 0 Å². The Morgan fingerprint density at radius 1 is 0.842 bits per heavy atom. The normalized spacial score (nSPS) is 60.5. The molecule has 3 aliphatic carbocycles. The van der Waals surface area contributed by atoms with E-state index in [0.29, 0.717) is 11.8 Å². The minimum atomic E-state index is 0.0329. The third-order valence-electron chi connectivity index (χ3n) is 6.77. The standard InChI is InChI=1S/C17H28OS/c1-9-3-5-11-12(7-9)16(18)15-13-8-10(2)4-6-14(13)19-17(11)15/h9-18H,3-8H2,1-2H3. The van der Waals surface area contributed by atoms with Crippen LogP contribution >= 0.6 is 11.8 Å². The average Bonchev–Trinajstić information content (AvgIpc) is 2.87. The Morgan fingerprint density at radius 2 is 1.53 bits per heavy atom. The van der Waals surface area contributed by atoms with Crippen molar-refractivity contribution >= 4 is 11.8 Å². The summed E-state index contributed by atoms with van der Waals surface area (Å²) >= 11 is 2.30. The summed E-state index contributed by atoms with van der Waals surface area (Å²) in [7, 11) is 0. The van der Waals surface area contributed by atoms with Crippen LogP contribution in [0.25, 0.3) is 0 Å². The van der Waals surface area contributed by atoms with Crippen molar-refractivity contribution in [2.24, 2.45) is 35.5 Å². The maximum Gasteiger partial charge on any atom is 0.0613 e. The number of thioether (sulfide) groups is 1. The number of hydrogen-bond donors (Lipinski definition) is 1. The zero-order valence-corrected chi connectivity index (χ0v) is 13.1. The summed E-state index contributed by atoms with van der Waals surface area (Å²) in [5.74, 6) is 4.73. The lowest BCUT2D eigenvalue weighted by Crippen LogP contribution is -2.35. The van der Waals surface area contributed by atoms with E-state index in [9.17, 15) is 5.11 Å². The minimum absolute atomic E-state index is 0.0329. The molecule has 108 valence electrons. The number of rotatable bonds is 0. The molecule has 4 rings (SSSR count). The van der Waals surface area contributed by atoms with Crippen LogP contribution in [0, 0.1) is 35.5 Å². The molecule has 0 aromatic carbocycles. The van der Waals surface area contributed by atoms with Crippen molar-refractivity contribution in [3.63, 3.8) is 0 Å². The van der Waals surface area contributed by atoms with Crippen molar-refractivity contribution in [3.05, 3.63) is 0 Å². The molecule has 9 unspecified atom stereocenters. The highest BCUT2D eigenvalue weighted by atomic mass is 32.2. The molecule has 0 spiro atoms. The fraction of sp³-hybridized carbons (Fsp3) is 1.00. The van der Waals surface area contributed by atoms with E-state index in [4.69, 9.17) is 0 Å². The highest BCUT2D eigenvalue weighted by Gasteiger charge is 2.59. The smallest absolute Gasteiger partial charge is 0.0613 e. The first kappa shape index (κ1) is 13.0. The molecule has 3 saturated carbocycles. The highest BCUT2D eigenvalue weighted by Crippen LogP contribution is 2.62. The van der Waals surface area contributed by atoms with Gasteiger partial charge in [-0.05, 0) is 61.7 Å². The fourth-order valence-electron chi connectivity index (χ4n) is 5.88. The molecule has 1 nitrogen and oxygen atoms in total. The fourth-order valence-corrected chi connectivity index (χ4v) is 8.13. The van der Waals surface area contributed by atoms with E-state index in [1.165, 1.54) is 38.5 Å². The van der Waals surface area contributed by atoms with Gasteiger partial charge in [0.15, 0.2) is 0 Å². The van der Waals surface area contributed by atoms with Gasteiger partial charge in [0, 0.05) is 16.4 Å². The van der Waals surface area contributed by atoms with E-state index in [1.54, 1.807) is 0 Å². The Kier molecular flexibility index (Phi) is 3.19. The second-order valence-corrected chi connectivity index (χ2v) is 9.46. The van der Waals surface area contributed by atoms with Gasteiger partial charge in [0.2, 0.25) is 0 Å². The molecule has 2 heteroatoms. The van der Waals surface area contributed by atoms with Crippen LogP contribution < -0.4 is 0 Å². The van der Waals surface area contributed by atoms with E-state index in [2.05, 4.69) is 25.6 Å². The van der Waals surface area contributed by atoms with E-state index in [-0.39, 0.29) is 6.10 Å². The number of hydrogen-bond acceptors (Lipinski definition) is 2. The largest absolute Gasteiger partial charge is 0.392 e. The minimum Gasteiger partial charge on any atom is -0.392 e. The van der Waals surface area contributed by atoms with Crippen molar-refractivity contribution < 1.29 is 5.11 Å². The van der Waals surface area contributed by atoms with Crippen molar-refractivity contribution in [1.29, 1.82) is 0 Å². The summed E-state index contributed by atoms with van der Waals surface area (Å²) in [5, 5.41) is 12.6. The van der Waals surface area contributed by atoms with Crippen molar-refractivity contribution in [1.82, 2.24) is 0 Å². The molecule has 4 aliphatic rings. The molecule has 1 aliphatic heterocycles. The average molecular weight is 280 g/mol. The van der Waals surface area contributed by atoms with Crippen molar-refractivity contribution in [3.8, 4) is 0 Å². The maximum atomic E-state index is 10.9. The molecular weight excluding hydrogens is 252 g/mol. The zero-order valence-electron chi connectivity index (χ0n) is 12.3. The Balaban J connectivity index is 1.59. The van der Waals surface area contributed by atoms with Gasteiger partial charge in [0.25, 0.3) is 0 Å². The molecule has 0 bridgehead atoms. The van der Waals surface area contributed by atoms with Gasteiger partial charge in [-0.2, -0.15) is 11.8 Å². The van der Waals surface area contributed by atoms with E-state index in [1.807, 2.05) is 0 Å². The predicted molar refractivity (Wildman–Crippen MR) is 81.2 cm³/mol. The monoisotopic (exact) mass is 280 g/mol. The van der Waals surface area contributed by atoms with Gasteiger partial charge in [-0.25, -0.2) is 0 Å². The van der Waals surface area contributed by atoms with Gasteiger partial charge >= 0.3 is 0 Å². The van der Waals surface area contributed by atoms with Crippen LogP contribution in [0.4, 0.5) is 0 Å². The molecule has 9 atom stereocenters. The number of aliphatic hydroxyl groups excluding tert-OH is 1. The number of fused-ring (bicyclic) bond motifs is 5. The van der Waals surface area contributed by atoms with Crippen molar-refractivity contribution in [2.75, 3.05) is 0 Å². The van der Waals surface area contributed by atoms with Crippen LogP contribution in [-0.2, 0) is 0 Å². The summed E-state index contributed by atoms with van der Waals surface area (Å²) < 4.78 is 0. The maximum absolute atomic E-state index is 10.9. The first-order chi connectivity index (χ1) is 9.15. The lowest BCUT2D eigenvalue weighted by molar-refractivity contribution is 0.0332. The van der Waals surface area contributed by atoms with Crippen LogP contribution in [0.15, 0.2) is 0 Å². The third-order valence-corrected chi connectivity index (χ3v) is 8.69. The van der Waals surface area contributed by atoms with Gasteiger partial charge < -0.3 is 5.11 Å². The van der Waals surface area contributed by atoms with Gasteiger partial charge in [0.1, 0.15) is 0 Å². The lowest BCUT2D eigenvalue weighted by atomic mass is 9.73. The molecule has 1 saturated heterocycles. The Hall–Kier alpha value is 0.310. The zero-order chi connectivity index (χ0) is 13.1. The topological polar surface area (TPSA) is 20.2 Å². The first-order valence-electron chi connectivity index (χ1n) is 8.48. The molecular formula is C17H28OS. The SMILES string of the molecule is CC1CCC2C(C1)C(O)C1C3CC(C)CCC3SC21. The lowest BCUT2D eigenvalue weighted by Gasteiger charge is -2.36. The second-order valence-electron chi connectivity index (χ2n) is 8.04. The van der Waals surface area contributed by atoms with Crippen LogP contribution in [-0.4, -0.2) is 21.7 Å². The van der Waals surface area contributed by atoms with Gasteiger partial charge in [-0.15, -0.1) is 0 Å². The molecule has 0 aromatic heterocycles. The third kappa shape index (κ3) is 1.92. The molecule has 4 fully saturated rings. The first-order valence-corrected chi connectivity index (χ1v) is 9.43. The molecule has 0 aromatic rings. The van der Waals surface area contributed by atoms with Crippen molar-refractivity contribution in [2.45, 2.75) is 69.0 Å². The molecule has 1 heterocycles. The molecule has 0 amide bonds. The van der Waals surface area contributed by atoms with Crippen LogP contribution in [0.2, 0.25) is 0 Å². The summed E-state index contributed by atoms with van der Waals surface area (Å²) in [4.78, 5) is 0. The summed E-state index contributed by atoms with van der Waals surface area (Å²) in [6.07, 6.45) is 8.37. The Morgan fingerprint density at radius 3 is 2.32 bits per heavy atom. The summed E-state index contributed by atoms with van der Waals surface area (Å²) in [6, 6.07) is 0. The molecule has 19 heavy (non-hydrogen) atoms. The van der Waals surface area contributed by atoms with Crippen LogP contribution in [0.5, 0.6) is 0 Å². The summed E-state index contributed by atoms with van der Waals surface area (Å²) in [6.45, 7) is 4.81. The Bertz CT molecular complexity index is 357. The quantitative estimate of drug-likeness (QED) is 0.725. The predicted octanol–water partition coefficient (Wildman–Crippen LogP) is 3.95. The number of aliphatic hydroxyl groups is 1. The van der Waals surface area contributed by atoms with E-state index >= 15 is 0 Å². The molecule has 0 radical (unpaired) electrons. The van der Waals surface area contributed by atoms with E-state index in [0.717, 1.165) is 34.2 Å². The second kappa shape index (κ2) is 4.66. The van der Waals surface area contributed by atoms with E-state index < -0.39 is 0 Å². The van der Waals surface area contributed by atoms with Crippen LogP contribution in [0.1, 0.15) is 52.4 Å².